The smallest absolute Gasteiger partial charge is 0.269 e. The van der Waals surface area contributed by atoms with Crippen molar-refractivity contribution in [2.75, 3.05) is 13.2 Å². The number of hydrogen-bond donors (Lipinski definition) is 2. The molecule has 0 radical (unpaired) electrons. The molecule has 2 rings (SSSR count). The number of nitro benzene ring substituents is 1. The number of ether oxygens (including phenoxy) is 1. The van der Waals surface area contributed by atoms with E-state index in [4.69, 9.17) is 39.5 Å². The third kappa shape index (κ3) is 5.46. The lowest BCUT2D eigenvalue weighted by atomic mass is 10.2. The largest absolute Gasteiger partial charge is 0.377 e. The molecule has 132 valence electrons. The lowest BCUT2D eigenvalue weighted by Crippen LogP contribution is -2.54. The van der Waals surface area contributed by atoms with E-state index in [9.17, 15) is 14.9 Å². The zero-order valence-electron chi connectivity index (χ0n) is 12.5. The third-order valence-electron chi connectivity index (χ3n) is 3.52. The fourth-order valence-corrected chi connectivity index (χ4v) is 2.65. The van der Waals surface area contributed by atoms with Crippen molar-refractivity contribution in [2.45, 2.75) is 28.9 Å². The highest BCUT2D eigenvalue weighted by molar-refractivity contribution is 6.68. The number of amides is 1. The van der Waals surface area contributed by atoms with Gasteiger partial charge in [0.15, 0.2) is 0 Å². The van der Waals surface area contributed by atoms with Gasteiger partial charge in [-0.15, -0.1) is 0 Å². The van der Waals surface area contributed by atoms with Crippen LogP contribution in [0.1, 0.15) is 23.2 Å². The van der Waals surface area contributed by atoms with Gasteiger partial charge in [0.05, 0.1) is 11.0 Å². The summed E-state index contributed by atoms with van der Waals surface area (Å²) >= 11 is 17.7. The van der Waals surface area contributed by atoms with Crippen LogP contribution in [0.2, 0.25) is 0 Å². The highest BCUT2D eigenvalue weighted by atomic mass is 35.6. The van der Waals surface area contributed by atoms with E-state index in [0.717, 1.165) is 12.8 Å². The van der Waals surface area contributed by atoms with Crippen LogP contribution >= 0.6 is 34.8 Å². The normalized spacial score (nSPS) is 19.0. The molecule has 1 amide bonds. The minimum atomic E-state index is -1.77. The van der Waals surface area contributed by atoms with Crippen LogP contribution < -0.4 is 10.6 Å². The molecule has 2 atom stereocenters. The molecular weight excluding hydrogens is 381 g/mol. The summed E-state index contributed by atoms with van der Waals surface area (Å²) in [7, 11) is 0. The van der Waals surface area contributed by atoms with Gasteiger partial charge in [0.25, 0.3) is 11.6 Å². The Morgan fingerprint density at radius 2 is 2.04 bits per heavy atom. The molecule has 2 N–H and O–H groups in total. The summed E-state index contributed by atoms with van der Waals surface area (Å²) in [5, 5.41) is 16.2. The molecule has 0 aromatic heterocycles. The minimum Gasteiger partial charge on any atom is -0.377 e. The zero-order chi connectivity index (χ0) is 17.7. The van der Waals surface area contributed by atoms with Crippen LogP contribution in [0.25, 0.3) is 0 Å². The Kier molecular flexibility index (Phi) is 6.65. The number of alkyl halides is 3. The Morgan fingerprint density at radius 3 is 2.54 bits per heavy atom. The fourth-order valence-electron chi connectivity index (χ4n) is 2.25. The molecule has 1 heterocycles. The third-order valence-corrected chi connectivity index (χ3v) is 4.17. The second-order valence-electron chi connectivity index (χ2n) is 5.30. The number of hydrogen-bond acceptors (Lipinski definition) is 5. The number of carbonyl (C=O) groups is 1. The van der Waals surface area contributed by atoms with Crippen molar-refractivity contribution in [3.63, 3.8) is 0 Å². The molecule has 7 nitrogen and oxygen atoms in total. The zero-order valence-corrected chi connectivity index (χ0v) is 14.8. The van der Waals surface area contributed by atoms with E-state index in [1.54, 1.807) is 0 Å². The second-order valence-corrected chi connectivity index (χ2v) is 7.66. The van der Waals surface area contributed by atoms with Crippen molar-refractivity contribution in [3.8, 4) is 0 Å². The Hall–Kier alpha value is -1.12. The SMILES string of the molecule is O=C(N[C@@H](NC[C@H]1CCCO1)C(Cl)(Cl)Cl)c1ccc([N+](=O)[O-])cc1. The molecule has 1 aliphatic heterocycles. The first-order chi connectivity index (χ1) is 11.3. The van der Waals surface area contributed by atoms with Crippen LogP contribution in [0.3, 0.4) is 0 Å². The van der Waals surface area contributed by atoms with E-state index >= 15 is 0 Å². The number of nitrogens with one attached hydrogen (secondary N) is 2. The maximum Gasteiger partial charge on any atom is 0.269 e. The Bertz CT molecular complexity index is 586. The van der Waals surface area contributed by atoms with Crippen molar-refractivity contribution in [3.05, 3.63) is 39.9 Å². The lowest BCUT2D eigenvalue weighted by Gasteiger charge is -2.27. The maximum absolute atomic E-state index is 12.3. The van der Waals surface area contributed by atoms with Gasteiger partial charge in [-0.25, -0.2) is 0 Å². The van der Waals surface area contributed by atoms with Crippen molar-refractivity contribution in [1.29, 1.82) is 0 Å². The van der Waals surface area contributed by atoms with E-state index in [1.165, 1.54) is 24.3 Å². The number of carbonyl (C=O) groups excluding carboxylic acids is 1. The molecule has 0 saturated carbocycles. The second kappa shape index (κ2) is 8.31. The summed E-state index contributed by atoms with van der Waals surface area (Å²) in [6, 6.07) is 5.14. The van der Waals surface area contributed by atoms with Crippen LogP contribution in [-0.2, 0) is 4.74 Å². The van der Waals surface area contributed by atoms with Crippen LogP contribution in [0.5, 0.6) is 0 Å². The predicted octanol–water partition coefficient (Wildman–Crippen LogP) is 2.79. The van der Waals surface area contributed by atoms with Crippen LogP contribution in [0.4, 0.5) is 5.69 Å². The van der Waals surface area contributed by atoms with E-state index in [2.05, 4.69) is 10.6 Å². The van der Waals surface area contributed by atoms with Crippen LogP contribution in [0.15, 0.2) is 24.3 Å². The molecule has 0 aliphatic carbocycles. The first-order valence-electron chi connectivity index (χ1n) is 7.24. The molecule has 0 unspecified atom stereocenters. The van der Waals surface area contributed by atoms with Gasteiger partial charge in [0, 0.05) is 30.8 Å². The minimum absolute atomic E-state index is 0.0103. The van der Waals surface area contributed by atoms with Crippen molar-refractivity contribution < 1.29 is 14.5 Å². The van der Waals surface area contributed by atoms with Crippen LogP contribution in [0, 0.1) is 10.1 Å². The van der Waals surface area contributed by atoms with Crippen molar-refractivity contribution in [2.24, 2.45) is 0 Å². The number of benzene rings is 1. The summed E-state index contributed by atoms with van der Waals surface area (Å²) in [4.78, 5) is 22.3. The van der Waals surface area contributed by atoms with Gasteiger partial charge in [-0.05, 0) is 25.0 Å². The molecule has 10 heteroatoms. The van der Waals surface area contributed by atoms with Gasteiger partial charge in [-0.3, -0.25) is 20.2 Å². The topological polar surface area (TPSA) is 93.5 Å². The van der Waals surface area contributed by atoms with Gasteiger partial charge in [-0.1, -0.05) is 34.8 Å². The Morgan fingerprint density at radius 1 is 1.38 bits per heavy atom. The molecule has 0 bridgehead atoms. The van der Waals surface area contributed by atoms with Gasteiger partial charge >= 0.3 is 0 Å². The number of halogens is 3. The standard InChI is InChI=1S/C14H16Cl3N3O4/c15-14(16,17)13(18-8-11-2-1-7-24-11)19-12(21)9-3-5-10(6-4-9)20(22)23/h3-6,11,13,18H,1-2,7-8H2,(H,19,21)/t11-,13-/m1/s1. The molecular formula is C14H16Cl3N3O4. The summed E-state index contributed by atoms with van der Waals surface area (Å²) < 4.78 is 3.70. The van der Waals surface area contributed by atoms with Crippen LogP contribution in [-0.4, -0.2) is 40.0 Å². The van der Waals surface area contributed by atoms with E-state index in [1.807, 2.05) is 0 Å². The monoisotopic (exact) mass is 395 g/mol. The maximum atomic E-state index is 12.3. The van der Waals surface area contributed by atoms with Crippen molar-refractivity contribution >= 4 is 46.4 Å². The first kappa shape index (κ1) is 19.2. The van der Waals surface area contributed by atoms with Crippen molar-refractivity contribution in [1.82, 2.24) is 10.6 Å². The predicted molar refractivity (Wildman–Crippen MR) is 91.6 cm³/mol. The molecule has 1 aromatic rings. The summed E-state index contributed by atoms with van der Waals surface area (Å²) in [5.41, 5.74) is 0.111. The fraction of sp³-hybridized carbons (Fsp3) is 0.500. The number of rotatable bonds is 6. The molecule has 0 spiro atoms. The first-order valence-corrected chi connectivity index (χ1v) is 8.38. The summed E-state index contributed by atoms with van der Waals surface area (Å²) in [6.07, 6.45) is 0.945. The van der Waals surface area contributed by atoms with Gasteiger partial charge < -0.3 is 10.1 Å². The average molecular weight is 397 g/mol. The van der Waals surface area contributed by atoms with Gasteiger partial charge in [0.2, 0.25) is 3.79 Å². The molecule has 1 saturated heterocycles. The van der Waals surface area contributed by atoms with Gasteiger partial charge in [0.1, 0.15) is 6.17 Å². The summed E-state index contributed by atoms with van der Waals surface area (Å²) in [6.45, 7) is 1.12. The highest BCUT2D eigenvalue weighted by Gasteiger charge is 2.34. The molecule has 1 aliphatic rings. The highest BCUT2D eigenvalue weighted by Crippen LogP contribution is 2.29. The Balaban J connectivity index is 1.99. The number of nitro groups is 1. The van der Waals surface area contributed by atoms with E-state index in [-0.39, 0.29) is 17.4 Å². The molecule has 1 aromatic carbocycles. The average Bonchev–Trinajstić information content (AvgIpc) is 3.03. The molecule has 1 fully saturated rings. The van der Waals surface area contributed by atoms with E-state index < -0.39 is 20.8 Å². The van der Waals surface area contributed by atoms with Gasteiger partial charge in [-0.2, -0.15) is 0 Å². The van der Waals surface area contributed by atoms with E-state index in [0.29, 0.717) is 13.2 Å². The molecule has 24 heavy (non-hydrogen) atoms. The number of non-ortho nitro benzene ring substituents is 1. The quantitative estimate of drug-likeness (QED) is 0.334. The Labute approximate surface area is 153 Å². The number of nitrogens with zero attached hydrogens (tertiary/aromatic N) is 1. The lowest BCUT2D eigenvalue weighted by molar-refractivity contribution is -0.384. The summed E-state index contributed by atoms with van der Waals surface area (Å²) in [5.74, 6) is -0.513.